The summed E-state index contributed by atoms with van der Waals surface area (Å²) in [6.45, 7) is 1.49. The topological polar surface area (TPSA) is 41.1 Å². The molecule has 2 N–H and O–H groups in total. The van der Waals surface area contributed by atoms with Crippen LogP contribution in [0.2, 0.25) is 0 Å². The summed E-state index contributed by atoms with van der Waals surface area (Å²) in [5.74, 6) is -0.163. The molecule has 2 fully saturated rings. The van der Waals surface area contributed by atoms with Crippen LogP contribution in [0.4, 0.5) is 4.39 Å². The first-order valence-corrected chi connectivity index (χ1v) is 8.98. The number of carbonyl (C=O) groups excluding carboxylic acids is 1. The van der Waals surface area contributed by atoms with E-state index in [1.165, 1.54) is 50.7 Å². The van der Waals surface area contributed by atoms with Crippen molar-refractivity contribution in [1.82, 2.24) is 10.6 Å². The van der Waals surface area contributed by atoms with Gasteiger partial charge < -0.3 is 10.6 Å². The second-order valence-corrected chi connectivity index (χ2v) is 6.99. The summed E-state index contributed by atoms with van der Waals surface area (Å²) in [6.07, 6.45) is 9.58. The zero-order chi connectivity index (χ0) is 16.1. The molecule has 0 saturated heterocycles. The Balaban J connectivity index is 1.43. The highest BCUT2D eigenvalue weighted by Crippen LogP contribution is 2.48. The average molecular weight is 318 g/mol. The summed E-state index contributed by atoms with van der Waals surface area (Å²) in [7, 11) is 0. The van der Waals surface area contributed by atoms with Crippen LogP contribution in [-0.2, 0) is 10.2 Å². The van der Waals surface area contributed by atoms with Crippen LogP contribution in [0.5, 0.6) is 0 Å². The average Bonchev–Trinajstić information content (AvgIpc) is 3.37. The Kier molecular flexibility index (Phi) is 5.31. The van der Waals surface area contributed by atoms with Crippen molar-refractivity contribution in [1.29, 1.82) is 0 Å². The molecule has 23 heavy (non-hydrogen) atoms. The van der Waals surface area contributed by atoms with Crippen LogP contribution in [0.25, 0.3) is 0 Å². The summed E-state index contributed by atoms with van der Waals surface area (Å²) < 4.78 is 13.0. The Bertz CT molecular complexity index is 517. The number of hydrogen-bond acceptors (Lipinski definition) is 2. The fourth-order valence-corrected chi connectivity index (χ4v) is 3.65. The highest BCUT2D eigenvalue weighted by Gasteiger charge is 2.50. The Hall–Kier alpha value is -1.42. The van der Waals surface area contributed by atoms with E-state index in [0.29, 0.717) is 12.6 Å². The predicted octanol–water partition coefficient (Wildman–Crippen LogP) is 3.29. The molecule has 0 unspecified atom stereocenters. The summed E-state index contributed by atoms with van der Waals surface area (Å²) in [4.78, 5) is 12.5. The van der Waals surface area contributed by atoms with E-state index in [1.54, 1.807) is 12.1 Å². The molecule has 2 aliphatic carbocycles. The number of halogens is 1. The Morgan fingerprint density at radius 1 is 1.04 bits per heavy atom. The molecule has 3 rings (SSSR count). The van der Waals surface area contributed by atoms with Gasteiger partial charge in [0, 0.05) is 19.1 Å². The molecule has 1 aromatic rings. The molecule has 1 amide bonds. The van der Waals surface area contributed by atoms with Crippen LogP contribution in [0, 0.1) is 5.82 Å². The van der Waals surface area contributed by atoms with Crippen molar-refractivity contribution in [2.24, 2.45) is 0 Å². The van der Waals surface area contributed by atoms with Gasteiger partial charge in [-0.2, -0.15) is 0 Å². The third-order valence-electron chi connectivity index (χ3n) is 5.28. The largest absolute Gasteiger partial charge is 0.354 e. The molecule has 126 valence electrons. The maximum Gasteiger partial charge on any atom is 0.230 e. The summed E-state index contributed by atoms with van der Waals surface area (Å²) in [6, 6.07) is 6.98. The van der Waals surface area contributed by atoms with Crippen LogP contribution >= 0.6 is 0 Å². The van der Waals surface area contributed by atoms with Gasteiger partial charge in [-0.05, 0) is 43.4 Å². The molecule has 3 nitrogen and oxygen atoms in total. The van der Waals surface area contributed by atoms with Crippen LogP contribution in [0.15, 0.2) is 24.3 Å². The lowest BCUT2D eigenvalue weighted by molar-refractivity contribution is -0.123. The molecular weight excluding hydrogens is 291 g/mol. The maximum atomic E-state index is 13.0. The molecule has 0 bridgehead atoms. The third kappa shape index (κ3) is 4.11. The second-order valence-electron chi connectivity index (χ2n) is 6.99. The van der Waals surface area contributed by atoms with Gasteiger partial charge in [-0.1, -0.05) is 37.8 Å². The van der Waals surface area contributed by atoms with Crippen molar-refractivity contribution in [3.8, 4) is 0 Å². The molecule has 0 aliphatic heterocycles. The lowest BCUT2D eigenvalue weighted by atomic mass is 9.95. The second kappa shape index (κ2) is 7.43. The van der Waals surface area contributed by atoms with Gasteiger partial charge in [-0.15, -0.1) is 0 Å². The third-order valence-corrected chi connectivity index (χ3v) is 5.28. The van der Waals surface area contributed by atoms with Crippen molar-refractivity contribution in [2.75, 3.05) is 13.1 Å². The molecule has 2 saturated carbocycles. The number of hydrogen-bond donors (Lipinski definition) is 2. The molecule has 2 aliphatic rings. The van der Waals surface area contributed by atoms with Gasteiger partial charge in [0.15, 0.2) is 0 Å². The minimum Gasteiger partial charge on any atom is -0.354 e. The number of benzene rings is 1. The highest BCUT2D eigenvalue weighted by molar-refractivity contribution is 5.91. The minimum absolute atomic E-state index is 0.0896. The molecule has 0 aromatic heterocycles. The zero-order valence-electron chi connectivity index (χ0n) is 13.7. The first-order chi connectivity index (χ1) is 11.2. The Morgan fingerprint density at radius 3 is 2.30 bits per heavy atom. The molecule has 0 spiro atoms. The molecule has 0 atom stereocenters. The van der Waals surface area contributed by atoms with Gasteiger partial charge in [0.2, 0.25) is 5.91 Å². The van der Waals surface area contributed by atoms with Gasteiger partial charge in [-0.25, -0.2) is 4.39 Å². The standard InChI is InChI=1S/C19H27FN2O/c20-16-9-7-15(8-10-16)19(11-12-19)18(23)22-14-13-21-17-5-3-1-2-4-6-17/h7-10,17,21H,1-6,11-14H2,(H,22,23). The summed E-state index contributed by atoms with van der Waals surface area (Å²) in [5.41, 5.74) is 0.531. The van der Waals surface area contributed by atoms with Crippen molar-refractivity contribution in [3.05, 3.63) is 35.6 Å². The first-order valence-electron chi connectivity index (χ1n) is 8.98. The summed E-state index contributed by atoms with van der Waals surface area (Å²) in [5, 5.41) is 6.63. The molecule has 4 heteroatoms. The van der Waals surface area contributed by atoms with E-state index in [0.717, 1.165) is 24.9 Å². The van der Waals surface area contributed by atoms with E-state index in [-0.39, 0.29) is 11.7 Å². The number of rotatable bonds is 6. The van der Waals surface area contributed by atoms with Gasteiger partial charge in [0.25, 0.3) is 0 Å². The van der Waals surface area contributed by atoms with Crippen LogP contribution in [0.3, 0.4) is 0 Å². The van der Waals surface area contributed by atoms with Crippen molar-refractivity contribution >= 4 is 5.91 Å². The molecule has 1 aromatic carbocycles. The Morgan fingerprint density at radius 2 is 1.70 bits per heavy atom. The zero-order valence-corrected chi connectivity index (χ0v) is 13.7. The monoisotopic (exact) mass is 318 g/mol. The van der Waals surface area contributed by atoms with Crippen LogP contribution in [0.1, 0.15) is 56.9 Å². The van der Waals surface area contributed by atoms with Crippen LogP contribution in [-0.4, -0.2) is 25.0 Å². The summed E-state index contributed by atoms with van der Waals surface area (Å²) >= 11 is 0. The SMILES string of the molecule is O=C(NCCNC1CCCCCC1)C1(c2ccc(F)cc2)CC1. The Labute approximate surface area is 138 Å². The van der Waals surface area contributed by atoms with E-state index in [1.807, 2.05) is 0 Å². The minimum atomic E-state index is -0.407. The highest BCUT2D eigenvalue weighted by atomic mass is 19.1. The quantitative estimate of drug-likeness (QED) is 0.624. The van der Waals surface area contributed by atoms with E-state index in [9.17, 15) is 9.18 Å². The molecule has 0 heterocycles. The lowest BCUT2D eigenvalue weighted by Crippen LogP contribution is -2.40. The first kappa shape index (κ1) is 16.4. The van der Waals surface area contributed by atoms with Crippen LogP contribution < -0.4 is 10.6 Å². The molecular formula is C19H27FN2O. The number of carbonyl (C=O) groups is 1. The van der Waals surface area contributed by atoms with Crippen molar-refractivity contribution < 1.29 is 9.18 Å². The van der Waals surface area contributed by atoms with Gasteiger partial charge in [0.1, 0.15) is 5.82 Å². The smallest absolute Gasteiger partial charge is 0.230 e. The fourth-order valence-electron chi connectivity index (χ4n) is 3.65. The van der Waals surface area contributed by atoms with Gasteiger partial charge in [-0.3, -0.25) is 4.79 Å². The normalized spacial score (nSPS) is 20.7. The predicted molar refractivity (Wildman–Crippen MR) is 89.8 cm³/mol. The maximum absolute atomic E-state index is 13.0. The fraction of sp³-hybridized carbons (Fsp3) is 0.632. The number of nitrogens with one attached hydrogen (secondary N) is 2. The van der Waals surface area contributed by atoms with Gasteiger partial charge in [0.05, 0.1) is 5.41 Å². The van der Waals surface area contributed by atoms with E-state index in [2.05, 4.69) is 10.6 Å². The number of amides is 1. The van der Waals surface area contributed by atoms with Gasteiger partial charge >= 0.3 is 0 Å². The lowest BCUT2D eigenvalue weighted by Gasteiger charge is -2.18. The van der Waals surface area contributed by atoms with E-state index in [4.69, 9.17) is 0 Å². The van der Waals surface area contributed by atoms with Crippen molar-refractivity contribution in [2.45, 2.75) is 62.8 Å². The van der Waals surface area contributed by atoms with E-state index < -0.39 is 5.41 Å². The molecule has 0 radical (unpaired) electrons. The van der Waals surface area contributed by atoms with E-state index >= 15 is 0 Å². The van der Waals surface area contributed by atoms with Crippen molar-refractivity contribution in [3.63, 3.8) is 0 Å².